The molecule has 0 atom stereocenters. The van der Waals surface area contributed by atoms with E-state index in [-0.39, 0.29) is 0 Å². The van der Waals surface area contributed by atoms with Crippen molar-refractivity contribution >= 4 is 26.8 Å². The minimum absolute atomic E-state index is 0.815. The molecular weight excluding hydrogens is 312 g/mol. The van der Waals surface area contributed by atoms with E-state index in [9.17, 15) is 0 Å². The number of hydrogen-bond acceptors (Lipinski definition) is 2. The molecule has 0 fully saturated rings. The lowest BCUT2D eigenvalue weighted by atomic mass is 10.1. The van der Waals surface area contributed by atoms with Gasteiger partial charge in [-0.1, -0.05) is 58.4 Å². The van der Waals surface area contributed by atoms with Crippen LogP contribution in [0, 0.1) is 0 Å². The number of halogens is 1. The van der Waals surface area contributed by atoms with Crippen LogP contribution in [0.2, 0.25) is 0 Å². The highest BCUT2D eigenvalue weighted by atomic mass is 79.9. The van der Waals surface area contributed by atoms with Crippen molar-refractivity contribution in [1.82, 2.24) is 10.3 Å². The van der Waals surface area contributed by atoms with Crippen LogP contribution in [0.4, 0.5) is 0 Å². The predicted molar refractivity (Wildman–Crippen MR) is 86.4 cm³/mol. The molecule has 0 spiro atoms. The molecule has 0 saturated carbocycles. The van der Waals surface area contributed by atoms with E-state index in [4.69, 9.17) is 0 Å². The summed E-state index contributed by atoms with van der Waals surface area (Å²) in [5.41, 5.74) is 3.57. The van der Waals surface area contributed by atoms with Gasteiger partial charge in [-0.05, 0) is 23.3 Å². The molecule has 3 rings (SSSR count). The summed E-state index contributed by atoms with van der Waals surface area (Å²) in [6.45, 7) is 1.68. The van der Waals surface area contributed by atoms with Gasteiger partial charge in [-0.15, -0.1) is 0 Å². The Hall–Kier alpha value is -1.71. The van der Waals surface area contributed by atoms with Crippen LogP contribution < -0.4 is 5.32 Å². The van der Waals surface area contributed by atoms with E-state index in [1.165, 1.54) is 11.1 Å². The third kappa shape index (κ3) is 2.89. The number of pyridine rings is 1. The van der Waals surface area contributed by atoms with Crippen molar-refractivity contribution < 1.29 is 0 Å². The van der Waals surface area contributed by atoms with Gasteiger partial charge in [0.05, 0.1) is 5.52 Å². The molecule has 0 aliphatic rings. The van der Waals surface area contributed by atoms with Gasteiger partial charge in [0.15, 0.2) is 0 Å². The van der Waals surface area contributed by atoms with Crippen LogP contribution in [-0.2, 0) is 13.1 Å². The minimum atomic E-state index is 0.815. The van der Waals surface area contributed by atoms with Crippen LogP contribution in [-0.4, -0.2) is 4.98 Å². The number of hydrogen-bond donors (Lipinski definition) is 1. The van der Waals surface area contributed by atoms with Gasteiger partial charge in [0.1, 0.15) is 0 Å². The maximum Gasteiger partial charge on any atom is 0.0758 e. The van der Waals surface area contributed by atoms with Crippen molar-refractivity contribution in [2.45, 2.75) is 13.1 Å². The fourth-order valence-electron chi connectivity index (χ4n) is 2.28. The summed E-state index contributed by atoms with van der Waals surface area (Å²) in [7, 11) is 0. The molecule has 3 heteroatoms. The zero-order valence-corrected chi connectivity index (χ0v) is 12.6. The molecule has 0 bridgehead atoms. The van der Waals surface area contributed by atoms with E-state index in [0.29, 0.717) is 0 Å². The number of aromatic nitrogens is 1. The molecule has 0 radical (unpaired) electrons. The van der Waals surface area contributed by atoms with Gasteiger partial charge in [-0.3, -0.25) is 4.98 Å². The molecule has 0 saturated heterocycles. The summed E-state index contributed by atoms with van der Waals surface area (Å²) in [6, 6.07) is 18.7. The van der Waals surface area contributed by atoms with Gasteiger partial charge in [-0.25, -0.2) is 0 Å². The monoisotopic (exact) mass is 326 g/mol. The van der Waals surface area contributed by atoms with E-state index >= 15 is 0 Å². The largest absolute Gasteiger partial charge is 0.309 e. The number of nitrogens with one attached hydrogen (secondary N) is 1. The van der Waals surface area contributed by atoms with E-state index in [2.05, 4.69) is 68.7 Å². The molecular formula is C17H15BrN2. The summed E-state index contributed by atoms with van der Waals surface area (Å²) < 4.78 is 1.09. The fraction of sp³-hybridized carbons (Fsp3) is 0.118. The highest BCUT2D eigenvalue weighted by Gasteiger charge is 2.04. The standard InChI is InChI=1S/C17H15BrN2/c18-16-9-8-14(17-15(16)7-4-10-20-17)12-19-11-13-5-2-1-3-6-13/h1-10,19H,11-12H2. The van der Waals surface area contributed by atoms with Gasteiger partial charge < -0.3 is 5.32 Å². The third-order valence-electron chi connectivity index (χ3n) is 3.29. The Morgan fingerprint density at radius 3 is 2.60 bits per heavy atom. The van der Waals surface area contributed by atoms with Crippen LogP contribution in [0.25, 0.3) is 10.9 Å². The average Bonchev–Trinajstić information content (AvgIpc) is 2.51. The molecule has 20 heavy (non-hydrogen) atoms. The van der Waals surface area contributed by atoms with Crippen LogP contribution in [0.1, 0.15) is 11.1 Å². The maximum atomic E-state index is 4.50. The van der Waals surface area contributed by atoms with Gasteiger partial charge in [0.2, 0.25) is 0 Å². The lowest BCUT2D eigenvalue weighted by molar-refractivity contribution is 0.696. The molecule has 0 amide bonds. The number of rotatable bonds is 4. The molecule has 0 aliphatic carbocycles. The van der Waals surface area contributed by atoms with E-state index in [0.717, 1.165) is 28.5 Å². The molecule has 2 nitrogen and oxygen atoms in total. The van der Waals surface area contributed by atoms with Crippen molar-refractivity contribution in [2.75, 3.05) is 0 Å². The van der Waals surface area contributed by atoms with Crippen LogP contribution in [0.3, 0.4) is 0 Å². The van der Waals surface area contributed by atoms with E-state index in [1.54, 1.807) is 0 Å². The Bertz CT molecular complexity index is 711. The fourth-order valence-corrected chi connectivity index (χ4v) is 2.73. The second-order valence-corrected chi connectivity index (χ2v) is 5.55. The first-order chi connectivity index (χ1) is 9.84. The van der Waals surface area contributed by atoms with E-state index in [1.807, 2.05) is 18.3 Å². The lowest BCUT2D eigenvalue weighted by Crippen LogP contribution is -2.13. The SMILES string of the molecule is Brc1ccc(CNCc2ccccc2)c2ncccc12. The Kier molecular flexibility index (Phi) is 4.09. The Morgan fingerprint density at radius 2 is 1.75 bits per heavy atom. The summed E-state index contributed by atoms with van der Waals surface area (Å²) in [4.78, 5) is 4.50. The Labute approximate surface area is 127 Å². The highest BCUT2D eigenvalue weighted by molar-refractivity contribution is 9.10. The van der Waals surface area contributed by atoms with Gasteiger partial charge in [0, 0.05) is 29.1 Å². The van der Waals surface area contributed by atoms with Crippen molar-refractivity contribution in [3.8, 4) is 0 Å². The molecule has 2 aromatic carbocycles. The first-order valence-electron chi connectivity index (χ1n) is 6.61. The molecule has 0 unspecified atom stereocenters. The summed E-state index contributed by atoms with van der Waals surface area (Å²) in [5, 5.41) is 4.63. The molecule has 3 aromatic rings. The second-order valence-electron chi connectivity index (χ2n) is 4.70. The summed E-state index contributed by atoms with van der Waals surface area (Å²) in [6.07, 6.45) is 1.84. The lowest BCUT2D eigenvalue weighted by Gasteiger charge is -2.09. The van der Waals surface area contributed by atoms with Crippen LogP contribution in [0.5, 0.6) is 0 Å². The third-order valence-corrected chi connectivity index (χ3v) is 3.98. The topological polar surface area (TPSA) is 24.9 Å². The molecule has 1 N–H and O–H groups in total. The first-order valence-corrected chi connectivity index (χ1v) is 7.40. The smallest absolute Gasteiger partial charge is 0.0758 e. The zero-order chi connectivity index (χ0) is 13.8. The van der Waals surface area contributed by atoms with Crippen molar-refractivity contribution in [2.24, 2.45) is 0 Å². The molecule has 100 valence electrons. The van der Waals surface area contributed by atoms with Crippen molar-refractivity contribution in [1.29, 1.82) is 0 Å². The summed E-state index contributed by atoms with van der Waals surface area (Å²) in [5.74, 6) is 0. The summed E-state index contributed by atoms with van der Waals surface area (Å²) >= 11 is 3.58. The zero-order valence-electron chi connectivity index (χ0n) is 11.0. The Morgan fingerprint density at radius 1 is 0.900 bits per heavy atom. The van der Waals surface area contributed by atoms with Crippen LogP contribution in [0.15, 0.2) is 65.3 Å². The van der Waals surface area contributed by atoms with Gasteiger partial charge >= 0.3 is 0 Å². The quantitative estimate of drug-likeness (QED) is 0.773. The number of fused-ring (bicyclic) bond motifs is 1. The normalized spacial score (nSPS) is 10.8. The number of benzene rings is 2. The average molecular weight is 327 g/mol. The van der Waals surface area contributed by atoms with Crippen molar-refractivity contribution in [3.05, 3.63) is 76.4 Å². The minimum Gasteiger partial charge on any atom is -0.309 e. The maximum absolute atomic E-state index is 4.50. The second kappa shape index (κ2) is 6.16. The van der Waals surface area contributed by atoms with E-state index < -0.39 is 0 Å². The predicted octanol–water partition coefficient (Wildman–Crippen LogP) is 4.29. The number of nitrogens with zero attached hydrogens (tertiary/aromatic N) is 1. The van der Waals surface area contributed by atoms with Crippen LogP contribution >= 0.6 is 15.9 Å². The molecule has 1 heterocycles. The van der Waals surface area contributed by atoms with Crippen molar-refractivity contribution in [3.63, 3.8) is 0 Å². The molecule has 1 aromatic heterocycles. The molecule has 0 aliphatic heterocycles. The highest BCUT2D eigenvalue weighted by Crippen LogP contribution is 2.25. The van der Waals surface area contributed by atoms with Gasteiger partial charge in [-0.2, -0.15) is 0 Å². The first kappa shape index (κ1) is 13.3. The van der Waals surface area contributed by atoms with Gasteiger partial charge in [0.25, 0.3) is 0 Å². The Balaban J connectivity index is 1.77.